The third-order valence-corrected chi connectivity index (χ3v) is 6.18. The second-order valence-electron chi connectivity index (χ2n) is 8.29. The number of nitrogens with zero attached hydrogens (tertiary/aromatic N) is 3. The third kappa shape index (κ3) is 3.60. The number of hydrogen-bond donors (Lipinski definition) is 0. The molecule has 0 amide bonds. The maximum atomic E-state index is 11.2. The van der Waals surface area contributed by atoms with Crippen LogP contribution < -0.4 is 0 Å². The standard InChI is InChI=1S/C30H19N3O2/c34-18-20-9-13-22(14-10-20)26-17-27(23-15-11-21(19-35)12-16-23)32-30(31-26)33-28-7-3-1-5-24(28)25-6-2-4-8-29(25)33/h1-19H. The van der Waals surface area contributed by atoms with Crippen LogP contribution in [0.1, 0.15) is 20.7 Å². The number of carbonyl (C=O) groups excluding carboxylic acids is 2. The summed E-state index contributed by atoms with van der Waals surface area (Å²) in [5.41, 5.74) is 6.49. The van der Waals surface area contributed by atoms with Gasteiger partial charge in [0.1, 0.15) is 12.6 Å². The van der Waals surface area contributed by atoms with E-state index in [1.165, 1.54) is 0 Å². The fourth-order valence-electron chi connectivity index (χ4n) is 4.43. The van der Waals surface area contributed by atoms with Gasteiger partial charge in [-0.3, -0.25) is 14.2 Å². The molecule has 2 aromatic heterocycles. The Morgan fingerprint density at radius 3 is 1.40 bits per heavy atom. The van der Waals surface area contributed by atoms with Crippen molar-refractivity contribution in [2.45, 2.75) is 0 Å². The van der Waals surface area contributed by atoms with Crippen molar-refractivity contribution in [2.75, 3.05) is 0 Å². The first-order valence-corrected chi connectivity index (χ1v) is 11.2. The second-order valence-corrected chi connectivity index (χ2v) is 8.29. The highest BCUT2D eigenvalue weighted by Gasteiger charge is 2.16. The highest BCUT2D eigenvalue weighted by atomic mass is 16.1. The molecule has 0 radical (unpaired) electrons. The predicted molar refractivity (Wildman–Crippen MR) is 138 cm³/mol. The van der Waals surface area contributed by atoms with Gasteiger partial charge >= 0.3 is 0 Å². The van der Waals surface area contributed by atoms with E-state index in [0.29, 0.717) is 17.1 Å². The number of rotatable bonds is 5. The first-order chi connectivity index (χ1) is 17.2. The molecule has 0 N–H and O–H groups in total. The third-order valence-electron chi connectivity index (χ3n) is 6.18. The van der Waals surface area contributed by atoms with E-state index in [9.17, 15) is 9.59 Å². The van der Waals surface area contributed by atoms with Gasteiger partial charge in [-0.15, -0.1) is 0 Å². The van der Waals surface area contributed by atoms with Crippen molar-refractivity contribution >= 4 is 34.4 Å². The zero-order valence-corrected chi connectivity index (χ0v) is 18.6. The molecule has 0 saturated heterocycles. The molecule has 6 rings (SSSR count). The van der Waals surface area contributed by atoms with Gasteiger partial charge < -0.3 is 0 Å². The van der Waals surface area contributed by atoms with Crippen LogP contribution in [0.4, 0.5) is 0 Å². The van der Waals surface area contributed by atoms with Gasteiger partial charge in [0, 0.05) is 33.0 Å². The van der Waals surface area contributed by atoms with Crippen LogP contribution in [0.5, 0.6) is 0 Å². The van der Waals surface area contributed by atoms with Crippen LogP contribution in [0.15, 0.2) is 103 Å². The van der Waals surface area contributed by atoms with Crippen molar-refractivity contribution < 1.29 is 9.59 Å². The zero-order valence-electron chi connectivity index (χ0n) is 18.6. The van der Waals surface area contributed by atoms with Crippen LogP contribution in [-0.4, -0.2) is 27.1 Å². The molecule has 166 valence electrons. The fourth-order valence-corrected chi connectivity index (χ4v) is 4.43. The van der Waals surface area contributed by atoms with Gasteiger partial charge in [-0.25, -0.2) is 9.97 Å². The summed E-state index contributed by atoms with van der Waals surface area (Å²) in [5, 5.41) is 2.26. The largest absolute Gasteiger partial charge is 0.298 e. The number of aromatic nitrogens is 3. The monoisotopic (exact) mass is 453 g/mol. The van der Waals surface area contributed by atoms with E-state index in [1.807, 2.05) is 54.6 Å². The minimum Gasteiger partial charge on any atom is -0.298 e. The average Bonchev–Trinajstić information content (AvgIpc) is 3.27. The molecule has 0 aliphatic carbocycles. The van der Waals surface area contributed by atoms with Gasteiger partial charge in [0.2, 0.25) is 5.95 Å². The van der Waals surface area contributed by atoms with Crippen LogP contribution in [0.2, 0.25) is 0 Å². The first kappa shape index (κ1) is 20.7. The molecule has 5 heteroatoms. The Kier molecular flexibility index (Phi) is 5.00. The smallest absolute Gasteiger partial charge is 0.235 e. The summed E-state index contributed by atoms with van der Waals surface area (Å²) in [7, 11) is 0. The molecule has 4 aromatic carbocycles. The molecule has 0 fully saturated rings. The Bertz CT molecular complexity index is 1590. The van der Waals surface area contributed by atoms with Gasteiger partial charge in [0.25, 0.3) is 0 Å². The lowest BCUT2D eigenvalue weighted by Gasteiger charge is -2.12. The minimum atomic E-state index is 0.550. The lowest BCUT2D eigenvalue weighted by atomic mass is 10.1. The van der Waals surface area contributed by atoms with Gasteiger partial charge in [0.05, 0.1) is 22.4 Å². The Morgan fingerprint density at radius 1 is 0.543 bits per heavy atom. The van der Waals surface area contributed by atoms with Gasteiger partial charge in [-0.05, 0) is 18.2 Å². The summed E-state index contributed by atoms with van der Waals surface area (Å²) in [4.78, 5) is 32.2. The van der Waals surface area contributed by atoms with E-state index in [1.54, 1.807) is 24.3 Å². The van der Waals surface area contributed by atoms with Crippen molar-refractivity contribution in [1.29, 1.82) is 0 Å². The fraction of sp³-hybridized carbons (Fsp3) is 0. The summed E-state index contributed by atoms with van der Waals surface area (Å²) in [6.45, 7) is 0. The molecule has 0 atom stereocenters. The van der Waals surface area contributed by atoms with Crippen LogP contribution in [-0.2, 0) is 0 Å². The molecule has 0 saturated carbocycles. The lowest BCUT2D eigenvalue weighted by molar-refractivity contribution is 0.111. The number of fused-ring (bicyclic) bond motifs is 3. The summed E-state index contributed by atoms with van der Waals surface area (Å²) in [6.07, 6.45) is 1.65. The molecule has 6 aromatic rings. The van der Waals surface area contributed by atoms with Crippen LogP contribution in [0, 0.1) is 0 Å². The van der Waals surface area contributed by atoms with Crippen molar-refractivity contribution in [3.8, 4) is 28.5 Å². The molecule has 0 spiro atoms. The topological polar surface area (TPSA) is 64.8 Å². The van der Waals surface area contributed by atoms with E-state index in [2.05, 4.69) is 28.8 Å². The van der Waals surface area contributed by atoms with Crippen LogP contribution in [0.25, 0.3) is 50.3 Å². The number of carbonyl (C=O) groups is 2. The Hall–Kier alpha value is -4.90. The molecule has 5 nitrogen and oxygen atoms in total. The van der Waals surface area contributed by atoms with E-state index in [4.69, 9.17) is 9.97 Å². The average molecular weight is 454 g/mol. The first-order valence-electron chi connectivity index (χ1n) is 11.2. The number of benzene rings is 4. The van der Waals surface area contributed by atoms with Gasteiger partial charge in [0.15, 0.2) is 0 Å². The van der Waals surface area contributed by atoms with E-state index >= 15 is 0 Å². The van der Waals surface area contributed by atoms with Gasteiger partial charge in [-0.1, -0.05) is 84.9 Å². The molecular weight excluding hydrogens is 434 g/mol. The molecular formula is C30H19N3O2. The quantitative estimate of drug-likeness (QED) is 0.278. The predicted octanol–water partition coefficient (Wildman–Crippen LogP) is 6.53. The molecule has 0 bridgehead atoms. The zero-order chi connectivity index (χ0) is 23.8. The molecule has 0 aliphatic heterocycles. The second kappa shape index (κ2) is 8.47. The van der Waals surface area contributed by atoms with Crippen molar-refractivity contribution in [3.05, 3.63) is 114 Å². The van der Waals surface area contributed by atoms with E-state index in [-0.39, 0.29) is 0 Å². The molecule has 0 unspecified atom stereocenters. The molecule has 2 heterocycles. The lowest BCUT2D eigenvalue weighted by Crippen LogP contribution is -2.04. The Labute approximate surface area is 201 Å². The highest BCUT2D eigenvalue weighted by molar-refractivity contribution is 6.09. The summed E-state index contributed by atoms with van der Waals surface area (Å²) in [5.74, 6) is 0.550. The molecule has 35 heavy (non-hydrogen) atoms. The van der Waals surface area contributed by atoms with Crippen molar-refractivity contribution in [3.63, 3.8) is 0 Å². The Morgan fingerprint density at radius 2 is 0.971 bits per heavy atom. The number of aldehydes is 2. The summed E-state index contributed by atoms with van der Waals surface area (Å²) >= 11 is 0. The normalized spacial score (nSPS) is 11.1. The molecule has 0 aliphatic rings. The van der Waals surface area contributed by atoms with Crippen molar-refractivity contribution in [1.82, 2.24) is 14.5 Å². The summed E-state index contributed by atoms with van der Waals surface area (Å²) in [6, 6.07) is 33.1. The maximum absolute atomic E-state index is 11.2. The van der Waals surface area contributed by atoms with Crippen molar-refractivity contribution in [2.24, 2.45) is 0 Å². The number of hydrogen-bond acceptors (Lipinski definition) is 4. The highest BCUT2D eigenvalue weighted by Crippen LogP contribution is 2.32. The van der Waals surface area contributed by atoms with Crippen LogP contribution >= 0.6 is 0 Å². The van der Waals surface area contributed by atoms with E-state index < -0.39 is 0 Å². The number of para-hydroxylation sites is 2. The van der Waals surface area contributed by atoms with Gasteiger partial charge in [-0.2, -0.15) is 0 Å². The SMILES string of the molecule is O=Cc1ccc(-c2cc(-c3ccc(C=O)cc3)nc(-n3c4ccccc4c4ccccc43)n2)cc1. The van der Waals surface area contributed by atoms with Crippen LogP contribution in [0.3, 0.4) is 0 Å². The Balaban J connectivity index is 1.64. The van der Waals surface area contributed by atoms with E-state index in [0.717, 1.165) is 56.9 Å². The minimum absolute atomic E-state index is 0.550. The summed E-state index contributed by atoms with van der Waals surface area (Å²) < 4.78 is 2.08. The maximum Gasteiger partial charge on any atom is 0.235 e.